The van der Waals surface area contributed by atoms with Crippen molar-refractivity contribution in [2.24, 2.45) is 4.99 Å². The zero-order chi connectivity index (χ0) is 46.6. The summed E-state index contributed by atoms with van der Waals surface area (Å²) >= 11 is 2.92. The van der Waals surface area contributed by atoms with Gasteiger partial charge in [0.05, 0.1) is 30.0 Å². The van der Waals surface area contributed by atoms with Gasteiger partial charge in [0, 0.05) is 45.3 Å². The van der Waals surface area contributed by atoms with Crippen LogP contribution in [0.2, 0.25) is 25.7 Å². The van der Waals surface area contributed by atoms with E-state index >= 15 is 4.39 Å². The number of benzene rings is 2. The lowest BCUT2D eigenvalue weighted by Gasteiger charge is -2.27. The van der Waals surface area contributed by atoms with Crippen molar-refractivity contribution >= 4 is 69.8 Å². The molecule has 0 aliphatic rings. The van der Waals surface area contributed by atoms with E-state index in [1.165, 1.54) is 28.4 Å². The van der Waals surface area contributed by atoms with Gasteiger partial charge in [0.2, 0.25) is 0 Å². The second-order valence-corrected chi connectivity index (χ2v) is 25.3. The predicted octanol–water partition coefficient (Wildman–Crippen LogP) is 9.05. The molecule has 344 valence electrons. The molecule has 1 amide bonds. The Morgan fingerprint density at radius 3 is 2.45 bits per heavy atom. The first-order valence-corrected chi connectivity index (χ1v) is 26.7. The van der Waals surface area contributed by atoms with Crippen molar-refractivity contribution in [3.05, 3.63) is 80.8 Å². The Hall–Kier alpha value is -5.19. The number of carbonyl (C=O) groups is 2. The molecule has 0 spiro atoms. The van der Waals surface area contributed by atoms with E-state index in [4.69, 9.17) is 23.9 Å². The molecule has 2 aromatic carbocycles. The van der Waals surface area contributed by atoms with E-state index in [2.05, 4.69) is 63.4 Å². The second kappa shape index (κ2) is 22.6. The molecule has 5 rings (SSSR count). The fraction of sp³-hybridized carbons (Fsp3) is 0.478. The van der Waals surface area contributed by atoms with Crippen molar-refractivity contribution in [2.75, 3.05) is 65.5 Å². The van der Waals surface area contributed by atoms with Crippen LogP contribution in [0.25, 0.3) is 10.2 Å². The van der Waals surface area contributed by atoms with E-state index in [1.807, 2.05) is 71.9 Å². The highest BCUT2D eigenvalue weighted by atomic mass is 32.1. The molecule has 0 bridgehead atoms. The van der Waals surface area contributed by atoms with Crippen LogP contribution < -0.4 is 14.4 Å². The third-order valence-electron chi connectivity index (χ3n) is 9.45. The van der Waals surface area contributed by atoms with Crippen LogP contribution in [0.3, 0.4) is 0 Å². The van der Waals surface area contributed by atoms with Crippen LogP contribution >= 0.6 is 22.7 Å². The second-order valence-electron chi connectivity index (χ2n) is 17.6. The monoisotopic (exact) mass is 932 g/mol. The molecule has 0 unspecified atom stereocenters. The van der Waals surface area contributed by atoms with E-state index in [0.717, 1.165) is 26.6 Å². The van der Waals surface area contributed by atoms with E-state index in [1.54, 1.807) is 29.2 Å². The number of thiazole rings is 2. The fourth-order valence-corrected chi connectivity index (χ4v) is 8.77. The lowest BCUT2D eigenvalue weighted by atomic mass is 10.2. The quantitative estimate of drug-likeness (QED) is 0.0340. The maximum Gasteiger partial charge on any atom is 0.411 e. The summed E-state index contributed by atoms with van der Waals surface area (Å²) in [5.74, 6) is 5.93. The lowest BCUT2D eigenvalue weighted by Crippen LogP contribution is -2.40. The summed E-state index contributed by atoms with van der Waals surface area (Å²) in [5, 5.41) is 9.56. The van der Waals surface area contributed by atoms with Gasteiger partial charge in [0.25, 0.3) is 0 Å². The third kappa shape index (κ3) is 14.7. The average molecular weight is 933 g/mol. The summed E-state index contributed by atoms with van der Waals surface area (Å²) in [5.41, 5.74) is 1.88. The zero-order valence-electron chi connectivity index (χ0n) is 38.9. The van der Waals surface area contributed by atoms with Crippen LogP contribution in [0.4, 0.5) is 26.0 Å². The molecule has 5 aromatic rings. The van der Waals surface area contributed by atoms with Gasteiger partial charge in [-0.25, -0.2) is 19.0 Å². The molecule has 0 atom stereocenters. The molecular formula is C46H61FN8O6S2Si. The lowest BCUT2D eigenvalue weighted by molar-refractivity contribution is 0.0266. The van der Waals surface area contributed by atoms with E-state index < -0.39 is 31.6 Å². The van der Waals surface area contributed by atoms with Crippen LogP contribution in [-0.2, 0) is 27.4 Å². The zero-order valence-corrected chi connectivity index (χ0v) is 41.5. The molecule has 14 nitrogen and oxygen atoms in total. The van der Waals surface area contributed by atoms with E-state index in [0.29, 0.717) is 66.5 Å². The minimum atomic E-state index is -1.24. The van der Waals surface area contributed by atoms with Gasteiger partial charge in [0.1, 0.15) is 12.3 Å². The third-order valence-corrected chi connectivity index (χ3v) is 13.4. The van der Waals surface area contributed by atoms with Crippen LogP contribution in [-0.4, -0.2) is 116 Å². The fourth-order valence-electron chi connectivity index (χ4n) is 5.93. The maximum atomic E-state index is 15.2. The number of anilines is 2. The highest BCUT2D eigenvalue weighted by molar-refractivity contribution is 7.16. The molecule has 0 saturated carbocycles. The van der Waals surface area contributed by atoms with Crippen molar-refractivity contribution in [3.63, 3.8) is 0 Å². The summed E-state index contributed by atoms with van der Waals surface area (Å²) in [6, 6.07) is 15.7. The molecule has 0 aliphatic carbocycles. The van der Waals surface area contributed by atoms with Crippen LogP contribution in [0, 0.1) is 24.6 Å². The maximum absolute atomic E-state index is 15.2. The number of fused-ring (bicyclic) bond motifs is 1. The number of hydrogen-bond donors (Lipinski definition) is 0. The van der Waals surface area contributed by atoms with Crippen LogP contribution in [0.15, 0.2) is 53.5 Å². The average Bonchev–Trinajstić information content (AvgIpc) is 3.80. The summed E-state index contributed by atoms with van der Waals surface area (Å²) in [4.78, 5) is 42.2. The molecule has 64 heavy (non-hydrogen) atoms. The Morgan fingerprint density at radius 2 is 1.77 bits per heavy atom. The molecule has 0 radical (unpaired) electrons. The van der Waals surface area contributed by atoms with E-state index in [9.17, 15) is 9.59 Å². The standard InChI is InChI=1S/C46H61FN8O6S2Si/c1-12-59-42(56)40-38(20-16-26-60-36-22-21-33(30-34(36)47)17-15-23-54(25-24-52(6)7)45(57)61-46(3,4)5)63-43(48-40)53(8)39-29-32(2)41(51-50-39)49-44-55(31-58-27-28-64(9,10)11)35-18-13-14-19-37(35)62-44/h13-14,18-19,21-22,29-30H,12,16,20,23-28,31H2,1-11H3. The number of amides is 1. The van der Waals surface area contributed by atoms with Gasteiger partial charge in [0.15, 0.2) is 38.8 Å². The number of rotatable bonds is 19. The highest BCUT2D eigenvalue weighted by Gasteiger charge is 2.24. The number of halogens is 1. The molecule has 0 fully saturated rings. The van der Waals surface area contributed by atoms with Gasteiger partial charge < -0.3 is 28.7 Å². The number of likely N-dealkylation sites (N-methyl/N-ethyl adjacent to an activating group) is 1. The molecular weight excluding hydrogens is 872 g/mol. The Morgan fingerprint density at radius 1 is 1.00 bits per heavy atom. The molecule has 0 N–H and O–H groups in total. The van der Waals surface area contributed by atoms with Crippen molar-refractivity contribution in [2.45, 2.75) is 85.5 Å². The number of ether oxygens (including phenoxy) is 4. The van der Waals surface area contributed by atoms with E-state index in [-0.39, 0.29) is 31.2 Å². The number of para-hydroxylation sites is 1. The molecule has 18 heteroatoms. The number of aryl methyl sites for hydroxylation is 2. The largest absolute Gasteiger partial charge is 0.491 e. The SMILES string of the molecule is CCOC(=O)c1nc(N(C)c2cc(C)c(N=c3sc4ccccc4n3COCC[Si](C)(C)C)nn2)sc1CCCOc1ccc(C#CCN(CCN(C)C)C(=O)OC(C)(C)C)cc1F. The Balaban J connectivity index is 1.24. The minimum absolute atomic E-state index is 0.0827. The first-order chi connectivity index (χ1) is 30.3. The molecule has 3 heterocycles. The minimum Gasteiger partial charge on any atom is -0.491 e. The van der Waals surface area contributed by atoms with Gasteiger partial charge in [-0.05, 0) is 110 Å². The van der Waals surface area contributed by atoms with Gasteiger partial charge in [-0.2, -0.15) is 4.99 Å². The summed E-state index contributed by atoms with van der Waals surface area (Å²) in [7, 11) is 4.42. The molecule has 0 saturated heterocycles. The van der Waals surface area contributed by atoms with Crippen molar-refractivity contribution in [1.29, 1.82) is 0 Å². The summed E-state index contributed by atoms with van der Waals surface area (Å²) < 4.78 is 41.2. The number of carbonyl (C=O) groups excluding carboxylic acids is 2. The number of esters is 1. The Labute approximate surface area is 385 Å². The number of hydrogen-bond acceptors (Lipinski definition) is 14. The summed E-state index contributed by atoms with van der Waals surface area (Å²) in [6.07, 6.45) is 0.456. The van der Waals surface area contributed by atoms with Crippen molar-refractivity contribution < 1.29 is 32.9 Å². The molecule has 0 aliphatic heterocycles. The van der Waals surface area contributed by atoms with Crippen LogP contribution in [0.5, 0.6) is 5.75 Å². The topological polar surface area (TPSA) is 137 Å². The van der Waals surface area contributed by atoms with Gasteiger partial charge >= 0.3 is 12.1 Å². The normalized spacial score (nSPS) is 12.0. The number of aromatic nitrogens is 4. The Bertz CT molecular complexity index is 2520. The van der Waals surface area contributed by atoms with Gasteiger partial charge in [-0.1, -0.05) is 55.0 Å². The predicted molar refractivity (Wildman–Crippen MR) is 256 cm³/mol. The Kier molecular flexibility index (Phi) is 17.6. The number of nitrogens with zero attached hydrogens (tertiary/aromatic N) is 8. The smallest absolute Gasteiger partial charge is 0.411 e. The summed E-state index contributed by atoms with van der Waals surface area (Å²) in [6.45, 7) is 18.8. The van der Waals surface area contributed by atoms with Gasteiger partial charge in [-0.3, -0.25) is 9.47 Å². The van der Waals surface area contributed by atoms with Gasteiger partial charge in [-0.15, -0.1) is 21.5 Å². The highest BCUT2D eigenvalue weighted by Crippen LogP contribution is 2.32. The molecule has 3 aromatic heterocycles. The van der Waals surface area contributed by atoms with Crippen molar-refractivity contribution in [1.82, 2.24) is 29.5 Å². The van der Waals surface area contributed by atoms with Crippen molar-refractivity contribution in [3.8, 4) is 17.6 Å². The van der Waals surface area contributed by atoms with Crippen LogP contribution in [0.1, 0.15) is 60.6 Å². The first-order valence-electron chi connectivity index (χ1n) is 21.3. The first kappa shape index (κ1) is 49.8.